The highest BCUT2D eigenvalue weighted by molar-refractivity contribution is 5.94. The third-order valence-electron chi connectivity index (χ3n) is 1.22. The Morgan fingerprint density at radius 3 is 2.11 bits per heavy atom. The van der Waals surface area contributed by atoms with Crippen LogP contribution in [0.3, 0.4) is 0 Å². The molecule has 1 nitrogen and oxygen atoms in total. The molecule has 0 aliphatic rings. The molecule has 0 N–H and O–H groups in total. The lowest BCUT2D eigenvalue weighted by Crippen LogP contribution is -1.97. The van der Waals surface area contributed by atoms with Gasteiger partial charge >= 0.3 is 0 Å². The molecule has 0 aromatic carbocycles. The van der Waals surface area contributed by atoms with Gasteiger partial charge in [-0.25, -0.2) is 0 Å². The van der Waals surface area contributed by atoms with E-state index in [1.165, 1.54) is 0 Å². The lowest BCUT2D eigenvalue weighted by Gasteiger charge is -1.93. The van der Waals surface area contributed by atoms with Gasteiger partial charge in [0.2, 0.25) is 0 Å². The van der Waals surface area contributed by atoms with Crippen LogP contribution in [0.15, 0.2) is 17.9 Å². The van der Waals surface area contributed by atoms with Crippen LogP contribution < -0.4 is 0 Å². The Morgan fingerprint density at radius 1 is 1.44 bits per heavy atom. The number of ketones is 1. The SMILES string of the molecule is C=C=C(CC)C(=O)CC. The van der Waals surface area contributed by atoms with E-state index in [-0.39, 0.29) is 5.78 Å². The van der Waals surface area contributed by atoms with Gasteiger partial charge < -0.3 is 0 Å². The second-order valence-corrected chi connectivity index (χ2v) is 1.79. The largest absolute Gasteiger partial charge is 0.294 e. The van der Waals surface area contributed by atoms with Crippen molar-refractivity contribution < 1.29 is 4.79 Å². The monoisotopic (exact) mass is 124 g/mol. The van der Waals surface area contributed by atoms with Crippen molar-refractivity contribution in [3.8, 4) is 0 Å². The summed E-state index contributed by atoms with van der Waals surface area (Å²) in [4.78, 5) is 10.8. The fourth-order valence-corrected chi connectivity index (χ4v) is 0.634. The van der Waals surface area contributed by atoms with Crippen LogP contribution in [0.1, 0.15) is 26.7 Å². The van der Waals surface area contributed by atoms with Gasteiger partial charge in [-0.1, -0.05) is 20.4 Å². The fourth-order valence-electron chi connectivity index (χ4n) is 0.634. The van der Waals surface area contributed by atoms with Crippen LogP contribution in [0.25, 0.3) is 0 Å². The van der Waals surface area contributed by atoms with Crippen molar-refractivity contribution >= 4 is 5.78 Å². The number of rotatable bonds is 3. The Morgan fingerprint density at radius 2 is 2.00 bits per heavy atom. The predicted octanol–water partition coefficient (Wildman–Crippen LogP) is 2.09. The molecule has 1 heteroatoms. The molecule has 50 valence electrons. The van der Waals surface area contributed by atoms with Crippen molar-refractivity contribution in [1.29, 1.82) is 0 Å². The van der Waals surface area contributed by atoms with Crippen LogP contribution in [0.4, 0.5) is 0 Å². The summed E-state index contributed by atoms with van der Waals surface area (Å²) in [6.45, 7) is 7.19. The molecular formula is C8H12O. The van der Waals surface area contributed by atoms with E-state index in [2.05, 4.69) is 12.3 Å². The average molecular weight is 124 g/mol. The van der Waals surface area contributed by atoms with E-state index in [1.54, 1.807) is 0 Å². The van der Waals surface area contributed by atoms with Gasteiger partial charge in [-0.15, -0.1) is 5.73 Å². The normalized spacial score (nSPS) is 8.22. The zero-order valence-electron chi connectivity index (χ0n) is 6.03. The Labute approximate surface area is 56.1 Å². The molecular weight excluding hydrogens is 112 g/mol. The minimum atomic E-state index is 0.160. The second-order valence-electron chi connectivity index (χ2n) is 1.79. The van der Waals surface area contributed by atoms with Gasteiger partial charge in [0.05, 0.1) is 0 Å². The Kier molecular flexibility index (Phi) is 3.74. The smallest absolute Gasteiger partial charge is 0.166 e. The molecule has 0 saturated carbocycles. The zero-order chi connectivity index (χ0) is 7.28. The van der Waals surface area contributed by atoms with Gasteiger partial charge in [0.25, 0.3) is 0 Å². The number of hydrogen-bond acceptors (Lipinski definition) is 1. The molecule has 0 aromatic heterocycles. The first-order valence-corrected chi connectivity index (χ1v) is 3.18. The van der Waals surface area contributed by atoms with Crippen LogP contribution in [-0.4, -0.2) is 5.78 Å². The maximum atomic E-state index is 10.8. The van der Waals surface area contributed by atoms with Crippen molar-refractivity contribution in [3.63, 3.8) is 0 Å². The molecule has 0 saturated heterocycles. The number of allylic oxidation sites excluding steroid dienone is 1. The standard InChI is InChI=1S/C8H12O/c1-4-7(5-2)8(9)6-3/h1,5-6H2,2-3H3. The summed E-state index contributed by atoms with van der Waals surface area (Å²) in [6.07, 6.45) is 1.31. The first kappa shape index (κ1) is 8.19. The molecule has 0 heterocycles. The highest BCUT2D eigenvalue weighted by Gasteiger charge is 2.00. The summed E-state index contributed by atoms with van der Waals surface area (Å²) in [6, 6.07) is 0. The van der Waals surface area contributed by atoms with E-state index in [1.807, 2.05) is 13.8 Å². The van der Waals surface area contributed by atoms with Gasteiger partial charge in [-0.3, -0.25) is 4.79 Å². The summed E-state index contributed by atoms with van der Waals surface area (Å²) in [5.41, 5.74) is 3.34. The van der Waals surface area contributed by atoms with E-state index >= 15 is 0 Å². The van der Waals surface area contributed by atoms with E-state index < -0.39 is 0 Å². The molecule has 0 aromatic rings. The van der Waals surface area contributed by atoms with E-state index in [0.717, 1.165) is 12.0 Å². The first-order chi connectivity index (χ1) is 4.26. The number of Topliss-reactive ketones (excluding diaryl/α,β-unsaturated/α-hetero) is 1. The summed E-state index contributed by atoms with van der Waals surface area (Å²) in [7, 11) is 0. The highest BCUT2D eigenvalue weighted by Crippen LogP contribution is 2.01. The lowest BCUT2D eigenvalue weighted by molar-refractivity contribution is -0.115. The van der Waals surface area contributed by atoms with Crippen molar-refractivity contribution in [2.75, 3.05) is 0 Å². The molecule has 0 unspecified atom stereocenters. The third kappa shape index (κ3) is 2.29. The van der Waals surface area contributed by atoms with Gasteiger partial charge in [0, 0.05) is 12.0 Å². The van der Waals surface area contributed by atoms with Gasteiger partial charge in [0.1, 0.15) is 0 Å². The minimum Gasteiger partial charge on any atom is -0.294 e. The Balaban J connectivity index is 4.14. The molecule has 0 rings (SSSR count). The topological polar surface area (TPSA) is 17.1 Å². The third-order valence-corrected chi connectivity index (χ3v) is 1.22. The van der Waals surface area contributed by atoms with Crippen molar-refractivity contribution in [1.82, 2.24) is 0 Å². The highest BCUT2D eigenvalue weighted by atomic mass is 16.1. The van der Waals surface area contributed by atoms with Crippen LogP contribution in [0.2, 0.25) is 0 Å². The Bertz CT molecular complexity index is 150. The number of carbonyl (C=O) groups excluding carboxylic acids is 1. The Hall–Kier alpha value is -0.810. The second kappa shape index (κ2) is 4.11. The number of carbonyl (C=O) groups is 1. The van der Waals surface area contributed by atoms with Crippen LogP contribution in [-0.2, 0) is 4.79 Å². The molecule has 0 radical (unpaired) electrons. The van der Waals surface area contributed by atoms with Crippen LogP contribution >= 0.6 is 0 Å². The molecule has 9 heavy (non-hydrogen) atoms. The van der Waals surface area contributed by atoms with Crippen LogP contribution in [0, 0.1) is 0 Å². The van der Waals surface area contributed by atoms with Gasteiger partial charge in [0.15, 0.2) is 5.78 Å². The molecule has 0 bridgehead atoms. The fraction of sp³-hybridized carbons (Fsp3) is 0.500. The average Bonchev–Trinajstić information content (AvgIpc) is 1.90. The van der Waals surface area contributed by atoms with Gasteiger partial charge in [-0.2, -0.15) is 0 Å². The van der Waals surface area contributed by atoms with Gasteiger partial charge in [-0.05, 0) is 6.42 Å². The van der Waals surface area contributed by atoms with Crippen molar-refractivity contribution in [2.24, 2.45) is 0 Å². The summed E-state index contributed by atoms with van der Waals surface area (Å²) >= 11 is 0. The van der Waals surface area contributed by atoms with Crippen LogP contribution in [0.5, 0.6) is 0 Å². The van der Waals surface area contributed by atoms with E-state index in [9.17, 15) is 4.79 Å². The first-order valence-electron chi connectivity index (χ1n) is 3.18. The molecule has 0 fully saturated rings. The molecule has 0 aliphatic heterocycles. The zero-order valence-corrected chi connectivity index (χ0v) is 6.03. The maximum absolute atomic E-state index is 10.8. The quantitative estimate of drug-likeness (QED) is 0.416. The lowest BCUT2D eigenvalue weighted by atomic mass is 10.1. The summed E-state index contributed by atoms with van der Waals surface area (Å²) < 4.78 is 0. The summed E-state index contributed by atoms with van der Waals surface area (Å²) in [5, 5.41) is 0. The molecule has 0 spiro atoms. The predicted molar refractivity (Wildman–Crippen MR) is 38.2 cm³/mol. The molecule has 0 amide bonds. The maximum Gasteiger partial charge on any atom is 0.166 e. The summed E-state index contributed by atoms with van der Waals surface area (Å²) in [5.74, 6) is 0.160. The van der Waals surface area contributed by atoms with Crippen molar-refractivity contribution in [2.45, 2.75) is 26.7 Å². The van der Waals surface area contributed by atoms with Crippen molar-refractivity contribution in [3.05, 3.63) is 17.9 Å². The van der Waals surface area contributed by atoms with E-state index in [0.29, 0.717) is 6.42 Å². The minimum absolute atomic E-state index is 0.160. The molecule has 0 aliphatic carbocycles. The molecule has 0 atom stereocenters. The number of hydrogen-bond donors (Lipinski definition) is 0. The van der Waals surface area contributed by atoms with E-state index in [4.69, 9.17) is 0 Å².